The van der Waals surface area contributed by atoms with Crippen molar-refractivity contribution in [3.8, 4) is 0 Å². The van der Waals surface area contributed by atoms with E-state index < -0.39 is 4.92 Å². The van der Waals surface area contributed by atoms with E-state index in [0.717, 1.165) is 0 Å². The van der Waals surface area contributed by atoms with E-state index in [1.54, 1.807) is 22.8 Å². The van der Waals surface area contributed by atoms with Crippen LogP contribution < -0.4 is 0 Å². The fourth-order valence-electron chi connectivity index (χ4n) is 2.86. The van der Waals surface area contributed by atoms with Gasteiger partial charge in [-0.2, -0.15) is 0 Å². The molecule has 25 heavy (non-hydrogen) atoms. The number of hydrogen-bond donors (Lipinski definition) is 0. The third-order valence-electron chi connectivity index (χ3n) is 4.26. The Labute approximate surface area is 143 Å². The number of nitro benzene ring substituents is 1. The minimum Gasteiger partial charge on any atom is -0.472 e. The topological polar surface area (TPSA) is 96.9 Å². The summed E-state index contributed by atoms with van der Waals surface area (Å²) in [5.74, 6) is -0.305. The Balaban J connectivity index is 1.65. The quantitative estimate of drug-likeness (QED) is 0.628. The molecule has 1 aliphatic rings. The van der Waals surface area contributed by atoms with Gasteiger partial charge in [-0.15, -0.1) is 0 Å². The number of furan rings is 1. The summed E-state index contributed by atoms with van der Waals surface area (Å²) in [6.07, 6.45) is 2.85. The van der Waals surface area contributed by atoms with Crippen LogP contribution in [0.4, 0.5) is 5.69 Å². The lowest BCUT2D eigenvalue weighted by Gasteiger charge is -2.34. The van der Waals surface area contributed by atoms with E-state index in [1.165, 1.54) is 30.7 Å². The van der Waals surface area contributed by atoms with Gasteiger partial charge in [0.15, 0.2) is 0 Å². The van der Waals surface area contributed by atoms with Crippen molar-refractivity contribution in [2.75, 3.05) is 26.2 Å². The van der Waals surface area contributed by atoms with Crippen molar-refractivity contribution in [1.82, 2.24) is 9.80 Å². The highest BCUT2D eigenvalue weighted by Gasteiger charge is 2.26. The predicted octanol–water partition coefficient (Wildman–Crippen LogP) is 2.09. The molecule has 0 aliphatic carbocycles. The van der Waals surface area contributed by atoms with Gasteiger partial charge in [0.25, 0.3) is 17.5 Å². The lowest BCUT2D eigenvalue weighted by Crippen LogP contribution is -2.50. The molecule has 2 aromatic rings. The summed E-state index contributed by atoms with van der Waals surface area (Å²) in [7, 11) is 0. The Morgan fingerprint density at radius 1 is 1.04 bits per heavy atom. The molecule has 0 unspecified atom stereocenters. The summed E-state index contributed by atoms with van der Waals surface area (Å²) in [4.78, 5) is 38.6. The second kappa shape index (κ2) is 6.76. The largest absolute Gasteiger partial charge is 0.472 e. The lowest BCUT2D eigenvalue weighted by atomic mass is 10.1. The highest BCUT2D eigenvalue weighted by atomic mass is 16.6. The first-order valence-corrected chi connectivity index (χ1v) is 7.83. The van der Waals surface area contributed by atoms with E-state index in [4.69, 9.17) is 4.42 Å². The summed E-state index contributed by atoms with van der Waals surface area (Å²) in [6, 6.07) is 5.96. The maximum atomic E-state index is 12.6. The fraction of sp³-hybridized carbons (Fsp3) is 0.294. The zero-order valence-electron chi connectivity index (χ0n) is 13.7. The molecule has 0 saturated carbocycles. The fourth-order valence-corrected chi connectivity index (χ4v) is 2.86. The molecule has 0 radical (unpaired) electrons. The standard InChI is InChI=1S/C17H17N3O5/c1-12-10-13(2-3-15(12)20(23)24)16(21)18-5-7-19(8-6-18)17(22)14-4-9-25-11-14/h2-4,9-11H,5-8H2,1H3. The third-order valence-corrected chi connectivity index (χ3v) is 4.26. The maximum Gasteiger partial charge on any atom is 0.272 e. The molecular weight excluding hydrogens is 326 g/mol. The van der Waals surface area contributed by atoms with Crippen molar-refractivity contribution in [2.45, 2.75) is 6.92 Å². The molecule has 0 N–H and O–H groups in total. The van der Waals surface area contributed by atoms with Gasteiger partial charge in [0, 0.05) is 43.4 Å². The normalized spacial score (nSPS) is 14.4. The number of hydrogen-bond acceptors (Lipinski definition) is 5. The zero-order valence-corrected chi connectivity index (χ0v) is 13.7. The van der Waals surface area contributed by atoms with Gasteiger partial charge in [0.1, 0.15) is 6.26 Å². The molecule has 1 saturated heterocycles. The van der Waals surface area contributed by atoms with E-state index in [2.05, 4.69) is 0 Å². The highest BCUT2D eigenvalue weighted by Crippen LogP contribution is 2.20. The third kappa shape index (κ3) is 3.37. The Kier molecular flexibility index (Phi) is 4.51. The van der Waals surface area contributed by atoms with E-state index >= 15 is 0 Å². The molecule has 8 nitrogen and oxygen atoms in total. The number of carbonyl (C=O) groups excluding carboxylic acids is 2. The molecule has 2 amide bonds. The second-order valence-corrected chi connectivity index (χ2v) is 5.85. The lowest BCUT2D eigenvalue weighted by molar-refractivity contribution is -0.385. The summed E-state index contributed by atoms with van der Waals surface area (Å²) in [5, 5.41) is 10.9. The molecule has 8 heteroatoms. The smallest absolute Gasteiger partial charge is 0.272 e. The molecule has 3 rings (SSSR count). The molecule has 1 aliphatic heterocycles. The number of amides is 2. The van der Waals surface area contributed by atoms with E-state index in [9.17, 15) is 19.7 Å². The van der Waals surface area contributed by atoms with E-state index in [1.807, 2.05) is 0 Å². The van der Waals surface area contributed by atoms with Crippen LogP contribution in [0.1, 0.15) is 26.3 Å². The first-order chi connectivity index (χ1) is 12.0. The molecule has 1 aromatic heterocycles. The van der Waals surface area contributed by atoms with Crippen LogP contribution in [0.5, 0.6) is 0 Å². The van der Waals surface area contributed by atoms with Gasteiger partial charge in [0.2, 0.25) is 0 Å². The van der Waals surface area contributed by atoms with Crippen molar-refractivity contribution < 1.29 is 18.9 Å². The number of nitrogens with zero attached hydrogens (tertiary/aromatic N) is 3. The van der Waals surface area contributed by atoms with E-state index in [-0.39, 0.29) is 17.5 Å². The van der Waals surface area contributed by atoms with Crippen molar-refractivity contribution >= 4 is 17.5 Å². The number of nitro groups is 1. The van der Waals surface area contributed by atoms with Crippen molar-refractivity contribution in [3.05, 3.63) is 63.6 Å². The maximum absolute atomic E-state index is 12.6. The van der Waals surface area contributed by atoms with Gasteiger partial charge >= 0.3 is 0 Å². The average molecular weight is 343 g/mol. The Morgan fingerprint density at radius 2 is 1.64 bits per heavy atom. The summed E-state index contributed by atoms with van der Waals surface area (Å²) in [6.45, 7) is 3.30. The van der Waals surface area contributed by atoms with Crippen LogP contribution in [-0.2, 0) is 0 Å². The first-order valence-electron chi connectivity index (χ1n) is 7.83. The average Bonchev–Trinajstić information content (AvgIpc) is 3.15. The predicted molar refractivity (Wildman–Crippen MR) is 88.3 cm³/mol. The summed E-state index contributed by atoms with van der Waals surface area (Å²) in [5.41, 5.74) is 1.35. The van der Waals surface area contributed by atoms with Crippen LogP contribution >= 0.6 is 0 Å². The molecule has 130 valence electrons. The van der Waals surface area contributed by atoms with Gasteiger partial charge < -0.3 is 14.2 Å². The number of carbonyl (C=O) groups is 2. The van der Waals surface area contributed by atoms with Crippen molar-refractivity contribution in [2.24, 2.45) is 0 Å². The van der Waals surface area contributed by atoms with Gasteiger partial charge in [-0.05, 0) is 25.1 Å². The molecular formula is C17H17N3O5. The van der Waals surface area contributed by atoms with E-state index in [0.29, 0.717) is 42.9 Å². The number of piperazine rings is 1. The number of aryl methyl sites for hydroxylation is 1. The number of benzene rings is 1. The minimum absolute atomic E-state index is 0.00734. The molecule has 0 spiro atoms. The van der Waals surface area contributed by atoms with Crippen LogP contribution in [-0.4, -0.2) is 52.7 Å². The molecule has 0 bridgehead atoms. The molecule has 1 fully saturated rings. The van der Waals surface area contributed by atoms with Gasteiger partial charge in [0.05, 0.1) is 16.7 Å². The first kappa shape index (κ1) is 16.7. The summed E-state index contributed by atoms with van der Waals surface area (Å²) < 4.78 is 4.92. The monoisotopic (exact) mass is 343 g/mol. The molecule has 0 atom stereocenters. The minimum atomic E-state index is -0.468. The Morgan fingerprint density at radius 3 is 2.12 bits per heavy atom. The van der Waals surface area contributed by atoms with Crippen LogP contribution in [0.3, 0.4) is 0 Å². The van der Waals surface area contributed by atoms with Crippen LogP contribution in [0, 0.1) is 17.0 Å². The van der Waals surface area contributed by atoms with Crippen LogP contribution in [0.2, 0.25) is 0 Å². The molecule has 1 aromatic carbocycles. The number of rotatable bonds is 3. The zero-order chi connectivity index (χ0) is 18.0. The van der Waals surface area contributed by atoms with Gasteiger partial charge in [-0.25, -0.2) is 0 Å². The highest BCUT2D eigenvalue weighted by molar-refractivity contribution is 5.96. The second-order valence-electron chi connectivity index (χ2n) is 5.85. The van der Waals surface area contributed by atoms with Gasteiger partial charge in [-0.1, -0.05) is 0 Å². The van der Waals surface area contributed by atoms with Crippen molar-refractivity contribution in [3.63, 3.8) is 0 Å². The Hall–Kier alpha value is -3.16. The molecule has 2 heterocycles. The van der Waals surface area contributed by atoms with Gasteiger partial charge in [-0.3, -0.25) is 19.7 Å². The summed E-state index contributed by atoms with van der Waals surface area (Å²) >= 11 is 0. The van der Waals surface area contributed by atoms with Crippen LogP contribution in [0.15, 0.2) is 41.2 Å². The van der Waals surface area contributed by atoms with Crippen LogP contribution in [0.25, 0.3) is 0 Å². The Bertz CT molecular complexity index is 808. The van der Waals surface area contributed by atoms with Crippen molar-refractivity contribution in [1.29, 1.82) is 0 Å². The SMILES string of the molecule is Cc1cc(C(=O)N2CCN(C(=O)c3ccoc3)CC2)ccc1[N+](=O)[O-].